The number of hydrogen-bond acceptors (Lipinski definition) is 6. The van der Waals surface area contributed by atoms with E-state index in [4.69, 9.17) is 4.74 Å². The third-order valence-corrected chi connectivity index (χ3v) is 6.83. The molecule has 1 saturated carbocycles. The number of ether oxygens (including phenoxy) is 1. The van der Waals surface area contributed by atoms with Gasteiger partial charge in [0.05, 0.1) is 36.2 Å². The summed E-state index contributed by atoms with van der Waals surface area (Å²) in [6.45, 7) is 3.34. The minimum Gasteiger partial charge on any atom is -0.374 e. The van der Waals surface area contributed by atoms with Gasteiger partial charge in [-0.3, -0.25) is 9.78 Å². The molecule has 3 saturated heterocycles. The number of nitrogens with one attached hydrogen (secondary N) is 1. The number of aryl methyl sites for hydroxylation is 1. The molecule has 2 atom stereocenters. The topological polar surface area (TPSA) is 80.2 Å². The first kappa shape index (κ1) is 21.0. The van der Waals surface area contributed by atoms with Crippen molar-refractivity contribution in [2.75, 3.05) is 23.4 Å². The number of anilines is 2. The molecule has 3 aliphatic heterocycles. The fourth-order valence-corrected chi connectivity index (χ4v) is 4.68. The van der Waals surface area contributed by atoms with Gasteiger partial charge in [0.25, 0.3) is 0 Å². The van der Waals surface area contributed by atoms with Gasteiger partial charge < -0.3 is 15.0 Å². The summed E-state index contributed by atoms with van der Waals surface area (Å²) < 4.78 is 20.7. The number of hydrogen-bond donors (Lipinski definition) is 1. The molecule has 6 heterocycles. The predicted octanol–water partition coefficient (Wildman–Crippen LogP) is 3.59. The molecule has 4 aliphatic rings. The maximum atomic E-state index is 14.9. The number of amides is 1. The molecule has 4 fully saturated rings. The lowest BCUT2D eigenvalue weighted by Gasteiger charge is -2.46. The molecule has 0 spiro atoms. The highest BCUT2D eigenvalue weighted by Gasteiger charge is 2.35. The molecule has 0 radical (unpaired) electrons. The fourth-order valence-electron chi connectivity index (χ4n) is 4.68. The maximum absolute atomic E-state index is 14.9. The van der Waals surface area contributed by atoms with Gasteiger partial charge in [0, 0.05) is 47.4 Å². The second-order valence-electron chi connectivity index (χ2n) is 9.25. The van der Waals surface area contributed by atoms with E-state index in [-0.39, 0.29) is 29.7 Å². The third-order valence-electron chi connectivity index (χ3n) is 6.83. The smallest absolute Gasteiger partial charge is 0.228 e. The van der Waals surface area contributed by atoms with Crippen LogP contribution in [0.25, 0.3) is 10.8 Å². The molecule has 0 unspecified atom stereocenters. The van der Waals surface area contributed by atoms with Crippen LogP contribution in [0.15, 0.2) is 30.7 Å². The normalized spacial score (nSPS) is 21.3. The van der Waals surface area contributed by atoms with Gasteiger partial charge >= 0.3 is 0 Å². The van der Waals surface area contributed by atoms with E-state index in [1.54, 1.807) is 24.7 Å². The Hall–Kier alpha value is -3.57. The van der Waals surface area contributed by atoms with E-state index in [9.17, 15) is 9.18 Å². The van der Waals surface area contributed by atoms with Gasteiger partial charge in [0.15, 0.2) is 5.82 Å². The summed E-state index contributed by atoms with van der Waals surface area (Å²) in [6, 6.07) is 3.59. The van der Waals surface area contributed by atoms with Crippen LogP contribution in [0.2, 0.25) is 0 Å². The average molecular weight is 458 g/mol. The molecule has 8 heteroatoms. The Kier molecular flexibility index (Phi) is 5.15. The Morgan fingerprint density at radius 3 is 2.68 bits per heavy atom. The van der Waals surface area contributed by atoms with E-state index < -0.39 is 5.82 Å². The first-order chi connectivity index (χ1) is 16.5. The lowest BCUT2D eigenvalue weighted by molar-refractivity contribution is -0.117. The van der Waals surface area contributed by atoms with Crippen LogP contribution >= 0.6 is 0 Å². The van der Waals surface area contributed by atoms with Crippen molar-refractivity contribution in [1.29, 1.82) is 0 Å². The second kappa shape index (κ2) is 8.33. The van der Waals surface area contributed by atoms with Gasteiger partial charge in [-0.15, -0.1) is 0 Å². The van der Waals surface area contributed by atoms with E-state index in [0.29, 0.717) is 18.0 Å². The number of halogens is 1. The summed E-state index contributed by atoms with van der Waals surface area (Å²) in [5.74, 6) is 6.00. The Bertz CT molecular complexity index is 1350. The Morgan fingerprint density at radius 2 is 1.97 bits per heavy atom. The van der Waals surface area contributed by atoms with Gasteiger partial charge in [-0.1, -0.05) is 5.92 Å². The number of pyridine rings is 3. The van der Waals surface area contributed by atoms with Crippen LogP contribution in [-0.2, 0) is 9.53 Å². The zero-order valence-corrected chi connectivity index (χ0v) is 18.8. The van der Waals surface area contributed by atoms with E-state index in [1.165, 1.54) is 6.07 Å². The number of nitrogens with zero attached hydrogens (tertiary/aromatic N) is 4. The summed E-state index contributed by atoms with van der Waals surface area (Å²) in [4.78, 5) is 27.4. The summed E-state index contributed by atoms with van der Waals surface area (Å²) in [6.07, 6.45) is 9.20. The number of rotatable bonds is 3. The lowest BCUT2D eigenvalue weighted by Crippen LogP contribution is -2.54. The molecular weight excluding hydrogens is 433 g/mol. The molecule has 7 rings (SSSR count). The van der Waals surface area contributed by atoms with Crippen LogP contribution < -0.4 is 10.2 Å². The zero-order chi connectivity index (χ0) is 23.2. The maximum Gasteiger partial charge on any atom is 0.228 e. The van der Waals surface area contributed by atoms with E-state index in [1.807, 2.05) is 6.92 Å². The van der Waals surface area contributed by atoms with E-state index in [0.717, 1.165) is 54.4 Å². The number of aromatic nitrogens is 3. The van der Waals surface area contributed by atoms with Crippen molar-refractivity contribution in [3.8, 4) is 11.8 Å². The van der Waals surface area contributed by atoms with Crippen molar-refractivity contribution in [1.82, 2.24) is 15.0 Å². The van der Waals surface area contributed by atoms with Crippen molar-refractivity contribution in [3.63, 3.8) is 0 Å². The first-order valence-electron chi connectivity index (χ1n) is 11.7. The Labute approximate surface area is 196 Å². The lowest BCUT2D eigenvalue weighted by atomic mass is 9.96. The van der Waals surface area contributed by atoms with Crippen LogP contribution in [0, 0.1) is 30.5 Å². The SMILES string of the molecule is Cc1ncc(C#Cc2ncc(N3C[C@@H]4CC[C@H]3CO4)cc2F)c2cc(NC(=O)C3CC3)ncc12. The molecule has 7 nitrogen and oxygen atoms in total. The summed E-state index contributed by atoms with van der Waals surface area (Å²) in [5, 5.41) is 4.51. The van der Waals surface area contributed by atoms with Gasteiger partial charge in [0.2, 0.25) is 5.91 Å². The van der Waals surface area contributed by atoms with Crippen LogP contribution in [0.4, 0.5) is 15.9 Å². The largest absolute Gasteiger partial charge is 0.374 e. The number of carbonyl (C=O) groups excluding carboxylic acids is 1. The van der Waals surface area contributed by atoms with E-state index in [2.05, 4.69) is 37.0 Å². The molecule has 3 aromatic heterocycles. The van der Waals surface area contributed by atoms with Crippen molar-refractivity contribution in [2.45, 2.75) is 44.8 Å². The number of carbonyl (C=O) groups is 1. The van der Waals surface area contributed by atoms with Gasteiger partial charge in [-0.25, -0.2) is 14.4 Å². The molecule has 0 aromatic carbocycles. The minimum absolute atomic E-state index is 0.00916. The predicted molar refractivity (Wildman–Crippen MR) is 126 cm³/mol. The summed E-state index contributed by atoms with van der Waals surface area (Å²) in [5.41, 5.74) is 2.29. The molecule has 1 aliphatic carbocycles. The standard InChI is InChI=1S/C26H24FN5O2/c1-15-22-12-30-25(31-26(33)16-2-3-16)9-21(22)17(10-28-15)4-7-24-23(27)8-19(11-29-24)32-13-20-6-5-18(32)14-34-20/h8-12,16,18,20H,2-3,5-6,13-14H2,1H3,(H,30,31,33)/t18-,20-/m0/s1. The second-order valence-corrected chi connectivity index (χ2v) is 9.25. The first-order valence-corrected chi connectivity index (χ1v) is 11.7. The molecule has 3 aromatic rings. The highest BCUT2D eigenvalue weighted by molar-refractivity contribution is 5.96. The van der Waals surface area contributed by atoms with E-state index >= 15 is 0 Å². The highest BCUT2D eigenvalue weighted by Crippen LogP contribution is 2.32. The van der Waals surface area contributed by atoms with Crippen molar-refractivity contribution < 1.29 is 13.9 Å². The fraction of sp³-hybridized carbons (Fsp3) is 0.385. The minimum atomic E-state index is -0.448. The molecule has 1 N–H and O–H groups in total. The number of fused-ring (bicyclic) bond motifs is 4. The highest BCUT2D eigenvalue weighted by atomic mass is 19.1. The van der Waals surface area contributed by atoms with Crippen LogP contribution in [0.3, 0.4) is 0 Å². The molecule has 34 heavy (non-hydrogen) atoms. The quantitative estimate of drug-likeness (QED) is 0.606. The Morgan fingerprint density at radius 1 is 1.09 bits per heavy atom. The van der Waals surface area contributed by atoms with Gasteiger partial charge in [-0.2, -0.15) is 0 Å². The molecule has 1 amide bonds. The molecule has 172 valence electrons. The monoisotopic (exact) mass is 457 g/mol. The number of piperidine rings is 1. The van der Waals surface area contributed by atoms with Crippen LogP contribution in [0.1, 0.15) is 42.6 Å². The third kappa shape index (κ3) is 3.97. The van der Waals surface area contributed by atoms with Crippen molar-refractivity contribution >= 4 is 28.2 Å². The average Bonchev–Trinajstić information content (AvgIpc) is 3.71. The van der Waals surface area contributed by atoms with Crippen molar-refractivity contribution in [2.24, 2.45) is 5.92 Å². The molecular formula is C26H24FN5O2. The van der Waals surface area contributed by atoms with Crippen LogP contribution in [-0.4, -0.2) is 46.2 Å². The van der Waals surface area contributed by atoms with Gasteiger partial charge in [-0.05, 0) is 44.6 Å². The molecule has 2 bridgehead atoms. The number of morpholine rings is 1. The Balaban J connectivity index is 1.29. The summed E-state index contributed by atoms with van der Waals surface area (Å²) >= 11 is 0. The van der Waals surface area contributed by atoms with Gasteiger partial charge in [0.1, 0.15) is 11.5 Å². The van der Waals surface area contributed by atoms with Crippen LogP contribution in [0.5, 0.6) is 0 Å². The van der Waals surface area contributed by atoms with Crippen molar-refractivity contribution in [3.05, 3.63) is 53.5 Å². The zero-order valence-electron chi connectivity index (χ0n) is 18.8. The summed E-state index contributed by atoms with van der Waals surface area (Å²) in [7, 11) is 0.